The molecule has 0 N–H and O–H groups in total. The summed E-state index contributed by atoms with van der Waals surface area (Å²) in [7, 11) is 3.79. The molecule has 0 radical (unpaired) electrons. The van der Waals surface area contributed by atoms with Gasteiger partial charge in [-0.25, -0.2) is 0 Å². The molecule has 0 saturated heterocycles. The van der Waals surface area contributed by atoms with E-state index in [1.165, 1.54) is 6.42 Å². The first-order valence-electron chi connectivity index (χ1n) is 3.31. The molecule has 0 aliphatic carbocycles. The number of hydrogen-bond donors (Lipinski definition) is 0. The maximum absolute atomic E-state index is 2.23. The van der Waals surface area contributed by atoms with Crippen LogP contribution in [0.15, 0.2) is 11.5 Å². The van der Waals surface area contributed by atoms with E-state index in [0.717, 1.165) is 4.58 Å². The Labute approximate surface area is 76.0 Å². The van der Waals surface area contributed by atoms with Crippen molar-refractivity contribution >= 4 is 33.3 Å². The molecule has 0 amide bonds. The number of rotatable bonds is 5. The summed E-state index contributed by atoms with van der Waals surface area (Å²) in [4.78, 5) is 0. The first kappa shape index (κ1) is 10.8. The Balaban J connectivity index is 3.39. The number of hydrogen-bond acceptors (Lipinski definition) is 3. The summed E-state index contributed by atoms with van der Waals surface area (Å²) in [5.41, 5.74) is 0. The van der Waals surface area contributed by atoms with Gasteiger partial charge in [0.25, 0.3) is 0 Å². The molecule has 1 atom stereocenters. The molecule has 0 aliphatic rings. The van der Waals surface area contributed by atoms with Crippen LogP contribution in [0.5, 0.6) is 0 Å². The zero-order valence-electron chi connectivity index (χ0n) is 6.66. The second-order valence-corrected chi connectivity index (χ2v) is 5.79. The minimum Gasteiger partial charge on any atom is -0.119 e. The topological polar surface area (TPSA) is 0 Å². The molecule has 0 rings (SSSR count). The molecule has 0 aromatic carbocycles. The Morgan fingerprint density at radius 1 is 1.50 bits per heavy atom. The normalized spacial score (nSPS) is 14.3. The van der Waals surface area contributed by atoms with Crippen molar-refractivity contribution in [2.45, 2.75) is 24.9 Å². The van der Waals surface area contributed by atoms with Gasteiger partial charge in [-0.1, -0.05) is 34.6 Å². The van der Waals surface area contributed by atoms with Crippen molar-refractivity contribution in [1.29, 1.82) is 0 Å². The molecule has 0 aromatic heterocycles. The molecule has 10 heavy (non-hydrogen) atoms. The predicted octanol–water partition coefficient (Wildman–Crippen LogP) is 4.00. The molecule has 0 fully saturated rings. The van der Waals surface area contributed by atoms with Crippen LogP contribution in [0.1, 0.15) is 20.3 Å². The SMILES string of the molecule is C/C=C/SC(CC)SSC. The molecule has 0 nitrogen and oxygen atoms in total. The third-order valence-electron chi connectivity index (χ3n) is 0.903. The average molecular weight is 194 g/mol. The van der Waals surface area contributed by atoms with Gasteiger partial charge in [0.1, 0.15) is 0 Å². The van der Waals surface area contributed by atoms with E-state index in [9.17, 15) is 0 Å². The summed E-state index contributed by atoms with van der Waals surface area (Å²) in [6.45, 7) is 4.29. The second kappa shape index (κ2) is 7.89. The monoisotopic (exact) mass is 194 g/mol. The average Bonchev–Trinajstić information content (AvgIpc) is 1.98. The van der Waals surface area contributed by atoms with E-state index in [1.807, 2.05) is 33.3 Å². The maximum atomic E-state index is 2.23. The Hall–Kier alpha value is 0.790. The molecule has 60 valence electrons. The molecular weight excluding hydrogens is 180 g/mol. The Bertz CT molecular complexity index is 90.9. The lowest BCUT2D eigenvalue weighted by molar-refractivity contribution is 1.06. The Morgan fingerprint density at radius 3 is 2.60 bits per heavy atom. The molecule has 0 saturated carbocycles. The summed E-state index contributed by atoms with van der Waals surface area (Å²) >= 11 is 1.91. The third kappa shape index (κ3) is 5.57. The molecule has 0 aliphatic heterocycles. The maximum Gasteiger partial charge on any atom is 0.0644 e. The fourth-order valence-corrected chi connectivity index (χ4v) is 3.88. The third-order valence-corrected chi connectivity index (χ3v) is 4.97. The van der Waals surface area contributed by atoms with Crippen molar-refractivity contribution in [1.82, 2.24) is 0 Å². The van der Waals surface area contributed by atoms with Crippen LogP contribution in [-0.4, -0.2) is 10.8 Å². The summed E-state index contributed by atoms with van der Waals surface area (Å²) < 4.78 is 0.728. The van der Waals surface area contributed by atoms with E-state index in [1.54, 1.807) is 0 Å². The van der Waals surface area contributed by atoms with Crippen molar-refractivity contribution in [3.05, 3.63) is 11.5 Å². The van der Waals surface area contributed by atoms with Crippen molar-refractivity contribution in [3.8, 4) is 0 Å². The van der Waals surface area contributed by atoms with Crippen LogP contribution in [0.25, 0.3) is 0 Å². The van der Waals surface area contributed by atoms with Gasteiger partial charge in [-0.3, -0.25) is 0 Å². The standard InChI is InChI=1S/C7H14S3/c1-4-6-9-7(5-2)10-8-3/h4,6-7H,5H2,1-3H3/b6-4+. The van der Waals surface area contributed by atoms with Gasteiger partial charge in [-0.2, -0.15) is 0 Å². The summed E-state index contributed by atoms with van der Waals surface area (Å²) in [5.74, 6) is 0. The lowest BCUT2D eigenvalue weighted by atomic mass is 10.6. The fraction of sp³-hybridized carbons (Fsp3) is 0.714. The van der Waals surface area contributed by atoms with Crippen LogP contribution >= 0.6 is 33.3 Å². The minimum absolute atomic E-state index is 0.728. The van der Waals surface area contributed by atoms with Gasteiger partial charge in [-0.05, 0) is 25.0 Å². The lowest BCUT2D eigenvalue weighted by Gasteiger charge is -2.07. The largest absolute Gasteiger partial charge is 0.119 e. The van der Waals surface area contributed by atoms with E-state index >= 15 is 0 Å². The van der Waals surface area contributed by atoms with Crippen LogP contribution < -0.4 is 0 Å². The molecule has 1 unspecified atom stereocenters. The highest BCUT2D eigenvalue weighted by atomic mass is 33.1. The van der Waals surface area contributed by atoms with Crippen molar-refractivity contribution < 1.29 is 0 Å². The van der Waals surface area contributed by atoms with Crippen molar-refractivity contribution in [3.63, 3.8) is 0 Å². The fourth-order valence-electron chi connectivity index (χ4n) is 0.460. The highest BCUT2D eigenvalue weighted by Crippen LogP contribution is 2.34. The van der Waals surface area contributed by atoms with E-state index in [4.69, 9.17) is 0 Å². The van der Waals surface area contributed by atoms with Crippen LogP contribution in [0.3, 0.4) is 0 Å². The molecule has 0 bridgehead atoms. The number of allylic oxidation sites excluding steroid dienone is 1. The van der Waals surface area contributed by atoms with Gasteiger partial charge < -0.3 is 0 Å². The lowest BCUT2D eigenvalue weighted by Crippen LogP contribution is -1.87. The van der Waals surface area contributed by atoms with E-state index in [2.05, 4.69) is 31.6 Å². The van der Waals surface area contributed by atoms with Gasteiger partial charge in [0, 0.05) is 0 Å². The van der Waals surface area contributed by atoms with E-state index in [-0.39, 0.29) is 0 Å². The van der Waals surface area contributed by atoms with Crippen LogP contribution in [0.2, 0.25) is 0 Å². The number of thioether (sulfide) groups is 1. The van der Waals surface area contributed by atoms with Gasteiger partial charge >= 0.3 is 0 Å². The van der Waals surface area contributed by atoms with Crippen molar-refractivity contribution in [2.75, 3.05) is 6.26 Å². The predicted molar refractivity (Wildman–Crippen MR) is 57.6 cm³/mol. The summed E-state index contributed by atoms with van der Waals surface area (Å²) in [6.07, 6.45) is 5.46. The minimum atomic E-state index is 0.728. The van der Waals surface area contributed by atoms with Crippen LogP contribution in [0.4, 0.5) is 0 Å². The van der Waals surface area contributed by atoms with Crippen LogP contribution in [-0.2, 0) is 0 Å². The van der Waals surface area contributed by atoms with E-state index < -0.39 is 0 Å². The molecule has 0 aromatic rings. The summed E-state index contributed by atoms with van der Waals surface area (Å²) in [5, 5.41) is 2.16. The second-order valence-electron chi connectivity index (χ2n) is 1.71. The quantitative estimate of drug-likeness (QED) is 0.479. The van der Waals surface area contributed by atoms with Gasteiger partial charge in [0.2, 0.25) is 0 Å². The summed E-state index contributed by atoms with van der Waals surface area (Å²) in [6, 6.07) is 0. The van der Waals surface area contributed by atoms with E-state index in [0.29, 0.717) is 0 Å². The van der Waals surface area contributed by atoms with Gasteiger partial charge in [0.05, 0.1) is 4.58 Å². The molecule has 0 heterocycles. The smallest absolute Gasteiger partial charge is 0.0644 e. The zero-order valence-corrected chi connectivity index (χ0v) is 9.11. The van der Waals surface area contributed by atoms with Gasteiger partial charge in [0.15, 0.2) is 0 Å². The highest BCUT2D eigenvalue weighted by molar-refractivity contribution is 8.78. The Kier molecular flexibility index (Phi) is 8.52. The van der Waals surface area contributed by atoms with Crippen molar-refractivity contribution in [2.24, 2.45) is 0 Å². The first-order chi connectivity index (χ1) is 4.85. The zero-order chi connectivity index (χ0) is 7.82. The highest BCUT2D eigenvalue weighted by Gasteiger charge is 2.02. The van der Waals surface area contributed by atoms with Gasteiger partial charge in [-0.15, -0.1) is 11.8 Å². The molecule has 3 heteroatoms. The van der Waals surface area contributed by atoms with Crippen LogP contribution in [0, 0.1) is 0 Å². The first-order valence-corrected chi connectivity index (χ1v) is 6.87. The molecule has 0 spiro atoms. The molecular formula is C7H14S3. The Morgan fingerprint density at radius 2 is 2.20 bits per heavy atom.